The Morgan fingerprint density at radius 2 is 1.56 bits per heavy atom. The molecule has 0 unspecified atom stereocenters. The van der Waals surface area contributed by atoms with Crippen LogP contribution in [-0.2, 0) is 0 Å². The Labute approximate surface area is 63.9 Å². The summed E-state index contributed by atoms with van der Waals surface area (Å²) in [6.45, 7) is 0. The van der Waals surface area contributed by atoms with Gasteiger partial charge in [-0.25, -0.2) is 0 Å². The number of rotatable bonds is 0. The topological polar surface area (TPSA) is 20.2 Å². The second-order valence-electron chi connectivity index (χ2n) is 1.34. The molecule has 1 nitrogen and oxygen atoms in total. The molecule has 0 bridgehead atoms. The van der Waals surface area contributed by atoms with Gasteiger partial charge in [-0.05, 0) is 12.1 Å². The predicted octanol–water partition coefficient (Wildman–Crippen LogP) is 1.60. The molecule has 47 valence electrons. The quantitative estimate of drug-likeness (QED) is 0.603. The van der Waals surface area contributed by atoms with Gasteiger partial charge in [-0.3, -0.25) is 0 Å². The van der Waals surface area contributed by atoms with E-state index in [4.69, 9.17) is 5.11 Å². The molecule has 9 heavy (non-hydrogen) atoms. The molecule has 0 aromatic heterocycles. The Bertz CT molecular complexity index is 139. The standard InChI is InChI=1S/C6H6O.CH3Ge/c7-6-4-2-1-3-5-6;1-2/h1-5,7H;1H3. The average molecular weight is 182 g/mol. The summed E-state index contributed by atoms with van der Waals surface area (Å²) < 4.78 is 0. The van der Waals surface area contributed by atoms with E-state index in [2.05, 4.69) is 0 Å². The maximum absolute atomic E-state index is 8.63. The van der Waals surface area contributed by atoms with E-state index in [-0.39, 0.29) is 0 Å². The van der Waals surface area contributed by atoms with Gasteiger partial charge in [0.15, 0.2) is 0 Å². The minimum absolute atomic E-state index is 0.322. The molecule has 0 aliphatic carbocycles. The third-order valence-electron chi connectivity index (χ3n) is 0.756. The molecule has 3 radical (unpaired) electrons. The van der Waals surface area contributed by atoms with E-state index in [1.165, 1.54) is 0 Å². The number of benzene rings is 1. The zero-order valence-electron chi connectivity index (χ0n) is 5.33. The summed E-state index contributed by atoms with van der Waals surface area (Å²) >= 11 is 2.00. The van der Waals surface area contributed by atoms with Gasteiger partial charge in [0.05, 0.1) is 0 Å². The Kier molecular flexibility index (Phi) is 5.42. The summed E-state index contributed by atoms with van der Waals surface area (Å²) in [5.41, 5.74) is 0. The van der Waals surface area contributed by atoms with E-state index in [1.54, 1.807) is 24.3 Å². The van der Waals surface area contributed by atoms with Gasteiger partial charge in [-0.15, -0.1) is 0 Å². The van der Waals surface area contributed by atoms with Crippen LogP contribution in [0.5, 0.6) is 5.75 Å². The molecule has 2 heteroatoms. The number of aromatic hydroxyl groups is 1. The van der Waals surface area contributed by atoms with Crippen LogP contribution in [0.25, 0.3) is 0 Å². The van der Waals surface area contributed by atoms with E-state index in [0.717, 1.165) is 0 Å². The minimum atomic E-state index is 0.322. The normalized spacial score (nSPS) is 7.33. The van der Waals surface area contributed by atoms with Crippen LogP contribution in [0.2, 0.25) is 5.76 Å². The molecule has 0 amide bonds. The summed E-state index contributed by atoms with van der Waals surface area (Å²) in [5, 5.41) is 8.63. The van der Waals surface area contributed by atoms with Crippen LogP contribution in [0, 0.1) is 0 Å². The van der Waals surface area contributed by atoms with Gasteiger partial charge in [0.25, 0.3) is 0 Å². The van der Waals surface area contributed by atoms with Crippen molar-refractivity contribution in [1.29, 1.82) is 0 Å². The Morgan fingerprint density at radius 3 is 1.78 bits per heavy atom. The number of phenolic OH excluding ortho intramolecular Hbond substituents is 1. The van der Waals surface area contributed by atoms with E-state index < -0.39 is 0 Å². The van der Waals surface area contributed by atoms with Crippen molar-refractivity contribution in [2.75, 3.05) is 0 Å². The number of hydrogen-bond acceptors (Lipinski definition) is 1. The van der Waals surface area contributed by atoms with Gasteiger partial charge in [-0.2, -0.15) is 0 Å². The van der Waals surface area contributed by atoms with Gasteiger partial charge in [0, 0.05) is 0 Å². The van der Waals surface area contributed by atoms with Gasteiger partial charge >= 0.3 is 22.3 Å². The molecule has 0 aliphatic heterocycles. The number of para-hydroxylation sites is 1. The van der Waals surface area contributed by atoms with E-state index in [1.807, 2.05) is 28.3 Å². The van der Waals surface area contributed by atoms with Crippen LogP contribution in [0.15, 0.2) is 30.3 Å². The van der Waals surface area contributed by atoms with Gasteiger partial charge in [0.2, 0.25) is 0 Å². The van der Waals surface area contributed by atoms with Crippen LogP contribution in [0.4, 0.5) is 0 Å². The molecule has 1 N–H and O–H groups in total. The molecule has 0 saturated heterocycles. The summed E-state index contributed by atoms with van der Waals surface area (Å²) in [6, 6.07) is 8.71. The fraction of sp³-hybridized carbons (Fsp3) is 0.143. The zero-order chi connectivity index (χ0) is 7.11. The van der Waals surface area contributed by atoms with Crippen LogP contribution in [0.1, 0.15) is 0 Å². The first-order valence-corrected chi connectivity index (χ1v) is 4.73. The summed E-state index contributed by atoms with van der Waals surface area (Å²) in [5.74, 6) is 2.32. The fourth-order valence-electron chi connectivity index (χ4n) is 0.428. The molecule has 0 spiro atoms. The van der Waals surface area contributed by atoms with Gasteiger partial charge in [-0.1, -0.05) is 18.2 Å². The first kappa shape index (κ1) is 8.56. The van der Waals surface area contributed by atoms with Crippen molar-refractivity contribution >= 4 is 16.5 Å². The fourth-order valence-corrected chi connectivity index (χ4v) is 0.428. The Morgan fingerprint density at radius 1 is 1.11 bits per heavy atom. The summed E-state index contributed by atoms with van der Waals surface area (Å²) in [7, 11) is 0. The molecule has 1 aromatic rings. The van der Waals surface area contributed by atoms with Crippen molar-refractivity contribution in [2.24, 2.45) is 0 Å². The Balaban J connectivity index is 0.000000291. The molecule has 1 aromatic carbocycles. The first-order valence-electron chi connectivity index (χ1n) is 2.63. The third kappa shape index (κ3) is 4.09. The number of phenols is 1. The first-order chi connectivity index (χ1) is 4.39. The molecule has 0 heterocycles. The van der Waals surface area contributed by atoms with Crippen LogP contribution in [0.3, 0.4) is 0 Å². The maximum atomic E-state index is 8.63. The van der Waals surface area contributed by atoms with Crippen LogP contribution in [-0.4, -0.2) is 21.6 Å². The van der Waals surface area contributed by atoms with E-state index in [9.17, 15) is 0 Å². The molecule has 0 fully saturated rings. The van der Waals surface area contributed by atoms with Crippen molar-refractivity contribution in [2.45, 2.75) is 5.76 Å². The zero-order valence-corrected chi connectivity index (χ0v) is 7.43. The van der Waals surface area contributed by atoms with Crippen molar-refractivity contribution < 1.29 is 5.11 Å². The van der Waals surface area contributed by atoms with E-state index >= 15 is 0 Å². The van der Waals surface area contributed by atoms with Crippen LogP contribution >= 0.6 is 0 Å². The average Bonchev–Trinajstić information content (AvgIpc) is 1.94. The molecule has 0 atom stereocenters. The SMILES string of the molecule is Oc1ccccc1.[CH3][Ge]. The van der Waals surface area contributed by atoms with Crippen molar-refractivity contribution in [1.82, 2.24) is 0 Å². The Hall–Kier alpha value is -0.437. The number of hydrogen-bond donors (Lipinski definition) is 1. The second kappa shape index (κ2) is 5.70. The molecule has 0 saturated carbocycles. The second-order valence-corrected chi connectivity index (χ2v) is 1.34. The van der Waals surface area contributed by atoms with Gasteiger partial charge in [0.1, 0.15) is 5.75 Å². The van der Waals surface area contributed by atoms with Crippen molar-refractivity contribution in [3.8, 4) is 5.75 Å². The monoisotopic (exact) mass is 183 g/mol. The van der Waals surface area contributed by atoms with E-state index in [0.29, 0.717) is 5.75 Å². The predicted molar refractivity (Wildman–Crippen MR) is 39.7 cm³/mol. The van der Waals surface area contributed by atoms with Crippen molar-refractivity contribution in [3.05, 3.63) is 30.3 Å². The third-order valence-corrected chi connectivity index (χ3v) is 0.756. The summed E-state index contributed by atoms with van der Waals surface area (Å²) in [4.78, 5) is 0. The summed E-state index contributed by atoms with van der Waals surface area (Å²) in [6.07, 6.45) is 0. The molecule has 1 rings (SSSR count). The molecule has 0 aliphatic rings. The molecular weight excluding hydrogens is 173 g/mol. The van der Waals surface area contributed by atoms with Crippen LogP contribution < -0.4 is 0 Å². The van der Waals surface area contributed by atoms with Gasteiger partial charge < -0.3 is 5.11 Å². The molecular formula is C7H9GeO. The van der Waals surface area contributed by atoms with Crippen molar-refractivity contribution in [3.63, 3.8) is 0 Å².